The van der Waals surface area contributed by atoms with Crippen molar-refractivity contribution in [1.82, 2.24) is 9.55 Å². The van der Waals surface area contributed by atoms with Crippen LogP contribution in [0.5, 0.6) is 0 Å². The van der Waals surface area contributed by atoms with Crippen molar-refractivity contribution in [2.75, 3.05) is 6.26 Å². The summed E-state index contributed by atoms with van der Waals surface area (Å²) in [6, 6.07) is 0. The van der Waals surface area contributed by atoms with Crippen LogP contribution in [-0.2, 0) is 28.1 Å². The molecule has 90 valence electrons. The molecule has 5 nitrogen and oxygen atoms in total. The van der Waals surface area contributed by atoms with Crippen LogP contribution in [0.15, 0.2) is 12.4 Å². The van der Waals surface area contributed by atoms with Crippen molar-refractivity contribution in [3.63, 3.8) is 0 Å². The van der Waals surface area contributed by atoms with Crippen LogP contribution >= 0.6 is 0 Å². The summed E-state index contributed by atoms with van der Waals surface area (Å²) in [7, 11) is -1.44. The van der Waals surface area contributed by atoms with Gasteiger partial charge in [-0.15, -0.1) is 0 Å². The van der Waals surface area contributed by atoms with Gasteiger partial charge in [0.1, 0.15) is 11.1 Å². The van der Waals surface area contributed by atoms with Crippen LogP contribution in [0, 0.1) is 0 Å². The van der Waals surface area contributed by atoms with Gasteiger partial charge in [0.05, 0.1) is 0 Å². The molecule has 0 fully saturated rings. The van der Waals surface area contributed by atoms with E-state index in [0.717, 1.165) is 12.1 Å². The van der Waals surface area contributed by atoms with Crippen LogP contribution in [0.3, 0.4) is 0 Å². The molecule has 1 aromatic rings. The number of Topliss-reactive ketones (excluding diaryl/α,β-unsaturated/α-hetero) is 1. The lowest BCUT2D eigenvalue weighted by molar-refractivity contribution is -0.118. The molecule has 1 aromatic heterocycles. The maximum absolute atomic E-state index is 11.6. The summed E-state index contributed by atoms with van der Waals surface area (Å²) in [6.07, 6.45) is 5.21. The van der Waals surface area contributed by atoms with E-state index < -0.39 is 15.1 Å². The van der Waals surface area contributed by atoms with Gasteiger partial charge in [0, 0.05) is 38.5 Å². The topological polar surface area (TPSA) is 69.0 Å². The Morgan fingerprint density at radius 2 is 2.19 bits per heavy atom. The third-order valence-electron chi connectivity index (χ3n) is 2.61. The van der Waals surface area contributed by atoms with Gasteiger partial charge in [0.2, 0.25) is 0 Å². The molecule has 6 heteroatoms. The molecule has 1 unspecified atom stereocenters. The van der Waals surface area contributed by atoms with E-state index in [1.807, 2.05) is 11.6 Å². The van der Waals surface area contributed by atoms with Gasteiger partial charge >= 0.3 is 0 Å². The number of nitrogens with zero attached hydrogens (tertiary/aromatic N) is 2. The highest BCUT2D eigenvalue weighted by Crippen LogP contribution is 2.06. The molecule has 0 bridgehead atoms. The number of imidazole rings is 1. The number of carbonyl (C=O) groups is 1. The Hall–Kier alpha value is -1.17. The van der Waals surface area contributed by atoms with E-state index in [-0.39, 0.29) is 12.2 Å². The number of ketones is 1. The fourth-order valence-corrected chi connectivity index (χ4v) is 1.91. The van der Waals surface area contributed by atoms with Crippen LogP contribution < -0.4 is 0 Å². The summed E-state index contributed by atoms with van der Waals surface area (Å²) in [4.78, 5) is 15.7. The summed E-state index contributed by atoms with van der Waals surface area (Å²) in [5.41, 5.74) is 0. The molecular formula is C10H16N2O3S. The molecule has 0 radical (unpaired) electrons. The molecule has 1 rings (SSSR count). The zero-order valence-corrected chi connectivity index (χ0v) is 10.5. The first-order valence-electron chi connectivity index (χ1n) is 5.00. The standard InChI is InChI=1S/C10H16N2O3S/c1-8(16(3,14)15)9(13)4-5-10-11-6-7-12(10)2/h6-8H,4-5H2,1-3H3. The van der Waals surface area contributed by atoms with E-state index in [1.54, 1.807) is 12.4 Å². The third-order valence-corrected chi connectivity index (χ3v) is 4.16. The lowest BCUT2D eigenvalue weighted by atomic mass is 10.2. The fourth-order valence-electron chi connectivity index (χ4n) is 1.31. The van der Waals surface area contributed by atoms with E-state index in [0.29, 0.717) is 6.42 Å². The normalized spacial score (nSPS) is 13.7. The highest BCUT2D eigenvalue weighted by Gasteiger charge is 2.23. The van der Waals surface area contributed by atoms with Crippen molar-refractivity contribution in [3.8, 4) is 0 Å². The summed E-state index contributed by atoms with van der Waals surface area (Å²) < 4.78 is 24.1. The Morgan fingerprint density at radius 1 is 1.56 bits per heavy atom. The first kappa shape index (κ1) is 12.9. The van der Waals surface area contributed by atoms with Gasteiger partial charge < -0.3 is 4.57 Å². The monoisotopic (exact) mass is 244 g/mol. The highest BCUT2D eigenvalue weighted by atomic mass is 32.2. The van der Waals surface area contributed by atoms with E-state index in [1.165, 1.54) is 6.92 Å². The summed E-state index contributed by atoms with van der Waals surface area (Å²) in [5.74, 6) is 0.527. The molecule has 0 aromatic carbocycles. The van der Waals surface area contributed by atoms with Crippen molar-refractivity contribution in [2.45, 2.75) is 25.0 Å². The largest absolute Gasteiger partial charge is 0.338 e. The van der Waals surface area contributed by atoms with Gasteiger partial charge in [-0.1, -0.05) is 0 Å². The fraction of sp³-hybridized carbons (Fsp3) is 0.600. The molecule has 1 atom stereocenters. The number of hydrogen-bond acceptors (Lipinski definition) is 4. The number of aromatic nitrogens is 2. The number of carbonyl (C=O) groups excluding carboxylic acids is 1. The Kier molecular flexibility index (Phi) is 3.85. The second-order valence-corrected chi connectivity index (χ2v) is 6.26. The SMILES string of the molecule is CC(C(=O)CCc1nccn1C)S(C)(=O)=O. The molecule has 0 saturated heterocycles. The first-order chi connectivity index (χ1) is 7.32. The average molecular weight is 244 g/mol. The van der Waals surface area contributed by atoms with E-state index >= 15 is 0 Å². The predicted octanol–water partition coefficient (Wildman–Crippen LogP) is 0.355. The Balaban J connectivity index is 2.58. The average Bonchev–Trinajstić information content (AvgIpc) is 2.58. The molecule has 0 N–H and O–H groups in total. The molecule has 1 heterocycles. The maximum atomic E-state index is 11.6. The van der Waals surface area contributed by atoms with Gasteiger partial charge in [-0.25, -0.2) is 13.4 Å². The molecule has 0 amide bonds. The molecule has 0 saturated carbocycles. The van der Waals surface area contributed by atoms with Crippen molar-refractivity contribution >= 4 is 15.6 Å². The molecule has 0 aliphatic rings. The number of sulfone groups is 1. The van der Waals surface area contributed by atoms with Crippen LogP contribution in [0.4, 0.5) is 0 Å². The summed E-state index contributed by atoms with van der Waals surface area (Å²) in [6.45, 7) is 1.43. The van der Waals surface area contributed by atoms with Gasteiger partial charge in [-0.3, -0.25) is 4.79 Å². The molecule has 0 aliphatic heterocycles. The lowest BCUT2D eigenvalue weighted by Gasteiger charge is -2.07. The van der Waals surface area contributed by atoms with Gasteiger partial charge in [0.15, 0.2) is 15.6 Å². The maximum Gasteiger partial charge on any atom is 0.157 e. The number of aryl methyl sites for hydroxylation is 2. The van der Waals surface area contributed by atoms with Gasteiger partial charge in [-0.2, -0.15) is 0 Å². The molecule has 0 aliphatic carbocycles. The summed E-state index contributed by atoms with van der Waals surface area (Å²) >= 11 is 0. The van der Waals surface area contributed by atoms with Crippen molar-refractivity contribution in [2.24, 2.45) is 7.05 Å². The minimum absolute atomic E-state index is 0.207. The zero-order chi connectivity index (χ0) is 12.3. The van der Waals surface area contributed by atoms with E-state index in [4.69, 9.17) is 0 Å². The minimum atomic E-state index is -3.28. The predicted molar refractivity (Wildman–Crippen MR) is 60.8 cm³/mol. The van der Waals surface area contributed by atoms with Crippen LogP contribution in [0.2, 0.25) is 0 Å². The second kappa shape index (κ2) is 4.78. The Labute approximate surface area is 95.4 Å². The highest BCUT2D eigenvalue weighted by molar-refractivity contribution is 7.92. The van der Waals surface area contributed by atoms with Crippen molar-refractivity contribution in [1.29, 1.82) is 0 Å². The van der Waals surface area contributed by atoms with Gasteiger partial charge in [-0.05, 0) is 6.92 Å². The lowest BCUT2D eigenvalue weighted by Crippen LogP contribution is -2.26. The molecule has 16 heavy (non-hydrogen) atoms. The van der Waals surface area contributed by atoms with Crippen LogP contribution in [0.1, 0.15) is 19.2 Å². The smallest absolute Gasteiger partial charge is 0.157 e. The van der Waals surface area contributed by atoms with Crippen molar-refractivity contribution in [3.05, 3.63) is 18.2 Å². The van der Waals surface area contributed by atoms with Crippen LogP contribution in [0.25, 0.3) is 0 Å². The molecular weight excluding hydrogens is 228 g/mol. The van der Waals surface area contributed by atoms with Crippen molar-refractivity contribution < 1.29 is 13.2 Å². The minimum Gasteiger partial charge on any atom is -0.338 e. The third kappa shape index (κ3) is 3.16. The van der Waals surface area contributed by atoms with Gasteiger partial charge in [0.25, 0.3) is 0 Å². The molecule has 0 spiro atoms. The Morgan fingerprint density at radius 3 is 2.62 bits per heavy atom. The van der Waals surface area contributed by atoms with E-state index in [2.05, 4.69) is 4.98 Å². The quantitative estimate of drug-likeness (QED) is 0.749. The Bertz CT molecular complexity index is 476. The van der Waals surface area contributed by atoms with E-state index in [9.17, 15) is 13.2 Å². The summed E-state index contributed by atoms with van der Waals surface area (Å²) in [5, 5.41) is -0.923. The zero-order valence-electron chi connectivity index (χ0n) is 9.67. The number of hydrogen-bond donors (Lipinski definition) is 0. The first-order valence-corrected chi connectivity index (χ1v) is 6.95. The number of rotatable bonds is 5. The van der Waals surface area contributed by atoms with Crippen LogP contribution in [-0.4, -0.2) is 35.3 Å². The second-order valence-electron chi connectivity index (χ2n) is 3.89.